The lowest BCUT2D eigenvalue weighted by atomic mass is 9.89. The van der Waals surface area contributed by atoms with E-state index >= 15 is 0 Å². The van der Waals surface area contributed by atoms with Crippen molar-refractivity contribution in [1.29, 1.82) is 0 Å². The highest BCUT2D eigenvalue weighted by Crippen LogP contribution is 2.32. The van der Waals surface area contributed by atoms with Crippen LogP contribution in [0.25, 0.3) is 0 Å². The van der Waals surface area contributed by atoms with Gasteiger partial charge in [-0.15, -0.1) is 0 Å². The van der Waals surface area contributed by atoms with Gasteiger partial charge in [0.1, 0.15) is 11.5 Å². The lowest BCUT2D eigenvalue weighted by Gasteiger charge is -2.28. The summed E-state index contributed by atoms with van der Waals surface area (Å²) in [7, 11) is 0. The topological polar surface area (TPSA) is 50.4 Å². The van der Waals surface area contributed by atoms with Gasteiger partial charge in [0, 0.05) is 25.0 Å². The molecule has 0 saturated carbocycles. The van der Waals surface area contributed by atoms with Gasteiger partial charge in [-0.3, -0.25) is 4.79 Å². The maximum absolute atomic E-state index is 12.3. The Hall–Kier alpha value is -2.33. The first-order valence-electron chi connectivity index (χ1n) is 9.59. The maximum Gasteiger partial charge on any atom is 0.220 e. The summed E-state index contributed by atoms with van der Waals surface area (Å²) in [6.45, 7) is 0.544. The van der Waals surface area contributed by atoms with Gasteiger partial charge in [0.25, 0.3) is 0 Å². The Morgan fingerprint density at radius 2 is 1.73 bits per heavy atom. The van der Waals surface area contributed by atoms with Gasteiger partial charge in [-0.1, -0.05) is 30.3 Å². The first-order valence-corrected chi connectivity index (χ1v) is 9.59. The van der Waals surface area contributed by atoms with E-state index in [4.69, 9.17) is 4.74 Å². The molecule has 2 fully saturated rings. The summed E-state index contributed by atoms with van der Waals surface area (Å²) < 4.78 is 5.86. The third-order valence-electron chi connectivity index (χ3n) is 5.41. The molecule has 2 aliphatic rings. The fourth-order valence-electron chi connectivity index (χ4n) is 4.22. The van der Waals surface area contributed by atoms with Gasteiger partial charge < -0.3 is 15.4 Å². The van der Waals surface area contributed by atoms with Crippen LogP contribution in [0, 0.1) is 5.92 Å². The number of fused-ring (bicyclic) bond motifs is 2. The molecule has 4 rings (SSSR count). The number of hydrogen-bond donors (Lipinski definition) is 2. The number of nitrogens with one attached hydrogen (secondary N) is 2. The van der Waals surface area contributed by atoms with Crippen LogP contribution >= 0.6 is 0 Å². The van der Waals surface area contributed by atoms with E-state index in [0.29, 0.717) is 31.0 Å². The van der Waals surface area contributed by atoms with Crippen LogP contribution in [-0.4, -0.2) is 18.0 Å². The van der Waals surface area contributed by atoms with Crippen LogP contribution in [0.5, 0.6) is 11.5 Å². The second kappa shape index (κ2) is 7.92. The Labute approximate surface area is 155 Å². The van der Waals surface area contributed by atoms with Crippen LogP contribution in [0.3, 0.4) is 0 Å². The second-order valence-corrected chi connectivity index (χ2v) is 7.52. The van der Waals surface area contributed by atoms with Crippen molar-refractivity contribution in [1.82, 2.24) is 10.6 Å². The third kappa shape index (κ3) is 4.44. The molecular formula is C22H26N2O2. The highest BCUT2D eigenvalue weighted by molar-refractivity contribution is 5.76. The number of carbonyl (C=O) groups excluding carboxylic acids is 1. The smallest absolute Gasteiger partial charge is 0.220 e. The summed E-state index contributed by atoms with van der Waals surface area (Å²) >= 11 is 0. The molecule has 2 N–H and O–H groups in total. The number of para-hydroxylation sites is 1. The van der Waals surface area contributed by atoms with E-state index in [1.165, 1.54) is 12.8 Å². The van der Waals surface area contributed by atoms with Crippen molar-refractivity contribution in [3.05, 3.63) is 60.2 Å². The Morgan fingerprint density at radius 1 is 1.00 bits per heavy atom. The molecule has 0 radical (unpaired) electrons. The molecule has 1 amide bonds. The molecule has 0 aliphatic carbocycles. The molecule has 4 nitrogen and oxygen atoms in total. The summed E-state index contributed by atoms with van der Waals surface area (Å²) in [5.41, 5.74) is 1.05. The quantitative estimate of drug-likeness (QED) is 0.827. The number of ether oxygens (including phenoxy) is 1. The number of piperidine rings is 1. The van der Waals surface area contributed by atoms with Crippen LogP contribution < -0.4 is 15.4 Å². The van der Waals surface area contributed by atoms with Crippen molar-refractivity contribution in [2.45, 2.75) is 50.7 Å². The largest absolute Gasteiger partial charge is 0.457 e. The van der Waals surface area contributed by atoms with Crippen molar-refractivity contribution in [3.63, 3.8) is 0 Å². The molecule has 0 aromatic heterocycles. The number of carbonyl (C=O) groups is 1. The molecule has 26 heavy (non-hydrogen) atoms. The molecule has 2 aromatic carbocycles. The molecule has 2 unspecified atom stereocenters. The number of hydrogen-bond acceptors (Lipinski definition) is 3. The van der Waals surface area contributed by atoms with Gasteiger partial charge in [-0.05, 0) is 61.4 Å². The summed E-state index contributed by atoms with van der Waals surface area (Å²) in [4.78, 5) is 12.3. The molecule has 136 valence electrons. The fourth-order valence-corrected chi connectivity index (χ4v) is 4.22. The van der Waals surface area contributed by atoms with Gasteiger partial charge in [0.2, 0.25) is 5.91 Å². The molecule has 2 bridgehead atoms. The lowest BCUT2D eigenvalue weighted by Crippen LogP contribution is -2.39. The summed E-state index contributed by atoms with van der Waals surface area (Å²) in [6, 6.07) is 18.9. The van der Waals surface area contributed by atoms with Gasteiger partial charge in [-0.25, -0.2) is 0 Å². The standard InChI is InChI=1S/C22H26N2O2/c25-22(14-17-11-18-9-10-19(12-17)24-18)23-15-16-5-4-8-21(13-16)26-20-6-2-1-3-7-20/h1-8,13,17-19,24H,9-12,14-15H2,(H,23,25). The minimum absolute atomic E-state index is 0.158. The molecule has 2 saturated heterocycles. The molecule has 4 heteroatoms. The minimum Gasteiger partial charge on any atom is -0.457 e. The van der Waals surface area contributed by atoms with Crippen LogP contribution in [0.2, 0.25) is 0 Å². The summed E-state index contributed by atoms with van der Waals surface area (Å²) in [5, 5.41) is 6.70. The van der Waals surface area contributed by atoms with Crippen molar-refractivity contribution in [2.24, 2.45) is 5.92 Å². The van der Waals surface area contributed by atoms with Crippen LogP contribution in [0.1, 0.15) is 37.7 Å². The number of benzene rings is 2. The summed E-state index contributed by atoms with van der Waals surface area (Å²) in [6.07, 6.45) is 5.48. The van der Waals surface area contributed by atoms with E-state index in [1.54, 1.807) is 0 Å². The average Bonchev–Trinajstić information content (AvgIpc) is 2.99. The van der Waals surface area contributed by atoms with Crippen LogP contribution in [-0.2, 0) is 11.3 Å². The molecule has 2 aromatic rings. The van der Waals surface area contributed by atoms with E-state index in [1.807, 2.05) is 54.6 Å². The number of amides is 1. The maximum atomic E-state index is 12.3. The van der Waals surface area contributed by atoms with Crippen LogP contribution in [0.4, 0.5) is 0 Å². The van der Waals surface area contributed by atoms with Crippen LogP contribution in [0.15, 0.2) is 54.6 Å². The Morgan fingerprint density at radius 3 is 2.50 bits per heavy atom. The SMILES string of the molecule is O=C(CC1CC2CCC(C1)N2)NCc1cccc(Oc2ccccc2)c1. The van der Waals surface area contributed by atoms with Gasteiger partial charge in [0.05, 0.1) is 0 Å². The zero-order chi connectivity index (χ0) is 17.8. The highest BCUT2D eigenvalue weighted by Gasteiger charge is 2.34. The normalized spacial score (nSPS) is 24.2. The van der Waals surface area contributed by atoms with Gasteiger partial charge >= 0.3 is 0 Å². The van der Waals surface area contributed by atoms with Gasteiger partial charge in [-0.2, -0.15) is 0 Å². The number of rotatable bonds is 6. The predicted molar refractivity (Wildman–Crippen MR) is 102 cm³/mol. The lowest BCUT2D eigenvalue weighted by molar-refractivity contribution is -0.122. The van der Waals surface area contributed by atoms with Gasteiger partial charge in [0.15, 0.2) is 0 Å². The molecule has 0 spiro atoms. The van der Waals surface area contributed by atoms with E-state index in [-0.39, 0.29) is 5.91 Å². The van der Waals surface area contributed by atoms with Crippen molar-refractivity contribution in [2.75, 3.05) is 0 Å². The zero-order valence-electron chi connectivity index (χ0n) is 15.0. The Bertz CT molecular complexity index is 735. The molecule has 2 heterocycles. The first kappa shape index (κ1) is 17.1. The molecular weight excluding hydrogens is 324 g/mol. The van der Waals surface area contributed by atoms with Crippen molar-refractivity contribution >= 4 is 5.91 Å². The van der Waals surface area contributed by atoms with Crippen molar-refractivity contribution < 1.29 is 9.53 Å². The highest BCUT2D eigenvalue weighted by atomic mass is 16.5. The van der Waals surface area contributed by atoms with E-state index < -0.39 is 0 Å². The fraction of sp³-hybridized carbons (Fsp3) is 0.409. The first-order chi connectivity index (χ1) is 12.7. The van der Waals surface area contributed by atoms with E-state index in [2.05, 4.69) is 10.6 Å². The summed E-state index contributed by atoms with van der Waals surface area (Å²) in [5.74, 6) is 2.29. The minimum atomic E-state index is 0.158. The van der Waals surface area contributed by atoms with E-state index in [9.17, 15) is 4.79 Å². The molecule has 2 aliphatic heterocycles. The predicted octanol–water partition coefficient (Wildman–Crippen LogP) is 4.02. The molecule has 2 atom stereocenters. The Balaban J connectivity index is 1.27. The van der Waals surface area contributed by atoms with Crippen molar-refractivity contribution in [3.8, 4) is 11.5 Å². The zero-order valence-corrected chi connectivity index (χ0v) is 15.0. The second-order valence-electron chi connectivity index (χ2n) is 7.52. The Kier molecular flexibility index (Phi) is 5.21. The average molecular weight is 350 g/mol. The monoisotopic (exact) mass is 350 g/mol. The van der Waals surface area contributed by atoms with E-state index in [0.717, 1.165) is 29.9 Å². The third-order valence-corrected chi connectivity index (χ3v) is 5.41.